The Bertz CT molecular complexity index is 933. The summed E-state index contributed by atoms with van der Waals surface area (Å²) < 4.78 is 59.0. The van der Waals surface area contributed by atoms with Crippen LogP contribution >= 0.6 is 0 Å². The first-order valence-electron chi connectivity index (χ1n) is 7.96. The number of alkyl halides is 2. The van der Waals surface area contributed by atoms with Gasteiger partial charge in [0.2, 0.25) is 10.0 Å². The maximum absolute atomic E-state index is 13.5. The SMILES string of the molecule is Cc1ccc(S(=O)(=O)N2C(c3ccc([N+](=O)[O-])cc3)OCC2C(F)F)cc1. The zero-order valence-corrected chi connectivity index (χ0v) is 15.0. The number of non-ortho nitro benzene ring substituents is 1. The maximum atomic E-state index is 13.5. The number of ether oxygens (including phenoxy) is 1. The smallest absolute Gasteiger partial charge is 0.269 e. The summed E-state index contributed by atoms with van der Waals surface area (Å²) in [5.74, 6) is 0. The van der Waals surface area contributed by atoms with E-state index < -0.39 is 40.2 Å². The summed E-state index contributed by atoms with van der Waals surface area (Å²) in [6.45, 7) is 1.29. The van der Waals surface area contributed by atoms with Gasteiger partial charge in [-0.1, -0.05) is 17.7 Å². The molecule has 2 unspecified atom stereocenters. The predicted octanol–water partition coefficient (Wildman–Crippen LogP) is 3.26. The van der Waals surface area contributed by atoms with E-state index in [0.29, 0.717) is 4.31 Å². The van der Waals surface area contributed by atoms with E-state index >= 15 is 0 Å². The molecular weight excluding hydrogens is 382 g/mol. The molecule has 2 atom stereocenters. The number of hydrogen-bond acceptors (Lipinski definition) is 5. The lowest BCUT2D eigenvalue weighted by Gasteiger charge is -2.27. The van der Waals surface area contributed by atoms with Gasteiger partial charge in [-0.15, -0.1) is 0 Å². The van der Waals surface area contributed by atoms with Crippen LogP contribution in [0.4, 0.5) is 14.5 Å². The number of aryl methyl sites for hydroxylation is 1. The number of nitro groups is 1. The van der Waals surface area contributed by atoms with Crippen LogP contribution in [0.5, 0.6) is 0 Å². The van der Waals surface area contributed by atoms with Crippen LogP contribution in [0.25, 0.3) is 0 Å². The van der Waals surface area contributed by atoms with Crippen molar-refractivity contribution in [3.05, 3.63) is 69.8 Å². The highest BCUT2D eigenvalue weighted by atomic mass is 32.2. The van der Waals surface area contributed by atoms with Gasteiger partial charge in [0.05, 0.1) is 16.4 Å². The third-order valence-electron chi connectivity index (χ3n) is 4.26. The minimum atomic E-state index is -4.28. The van der Waals surface area contributed by atoms with Crippen molar-refractivity contribution >= 4 is 15.7 Å². The molecule has 0 radical (unpaired) electrons. The highest BCUT2D eigenvalue weighted by Gasteiger charge is 2.48. The van der Waals surface area contributed by atoms with Gasteiger partial charge in [0.15, 0.2) is 6.23 Å². The molecule has 7 nitrogen and oxygen atoms in total. The van der Waals surface area contributed by atoms with Crippen molar-refractivity contribution in [3.8, 4) is 0 Å². The fourth-order valence-electron chi connectivity index (χ4n) is 2.83. The molecule has 3 rings (SSSR count). The lowest BCUT2D eigenvalue weighted by molar-refractivity contribution is -0.384. The molecule has 1 saturated heterocycles. The van der Waals surface area contributed by atoms with Crippen molar-refractivity contribution in [1.29, 1.82) is 0 Å². The third-order valence-corrected chi connectivity index (χ3v) is 6.14. The molecule has 10 heteroatoms. The van der Waals surface area contributed by atoms with Crippen molar-refractivity contribution in [2.75, 3.05) is 6.61 Å². The molecule has 27 heavy (non-hydrogen) atoms. The van der Waals surface area contributed by atoms with Gasteiger partial charge in [0, 0.05) is 12.1 Å². The molecule has 1 aliphatic heterocycles. The summed E-state index contributed by atoms with van der Waals surface area (Å²) >= 11 is 0. The van der Waals surface area contributed by atoms with Crippen LogP contribution in [0.3, 0.4) is 0 Å². The molecular formula is C17H16F2N2O5S. The fourth-order valence-corrected chi connectivity index (χ4v) is 4.50. The Morgan fingerprint density at radius 2 is 1.74 bits per heavy atom. The van der Waals surface area contributed by atoms with E-state index in [9.17, 15) is 27.3 Å². The first-order chi connectivity index (χ1) is 12.7. The number of halogens is 2. The Labute approximate surface area is 154 Å². The molecule has 1 aliphatic rings. The summed E-state index contributed by atoms with van der Waals surface area (Å²) in [6.07, 6.45) is -4.25. The van der Waals surface area contributed by atoms with Crippen molar-refractivity contribution in [2.24, 2.45) is 0 Å². The summed E-state index contributed by atoms with van der Waals surface area (Å²) in [5, 5.41) is 10.8. The third kappa shape index (κ3) is 3.68. The van der Waals surface area contributed by atoms with E-state index in [0.717, 1.165) is 5.56 Å². The molecule has 0 spiro atoms. The van der Waals surface area contributed by atoms with E-state index in [2.05, 4.69) is 0 Å². The van der Waals surface area contributed by atoms with Crippen LogP contribution in [-0.4, -0.2) is 36.7 Å². The topological polar surface area (TPSA) is 89.8 Å². The molecule has 144 valence electrons. The van der Waals surface area contributed by atoms with Gasteiger partial charge in [-0.05, 0) is 36.8 Å². The van der Waals surface area contributed by atoms with Crippen molar-refractivity contribution in [2.45, 2.75) is 30.5 Å². The van der Waals surface area contributed by atoms with Gasteiger partial charge >= 0.3 is 0 Å². The second kappa shape index (κ2) is 7.29. The van der Waals surface area contributed by atoms with Crippen LogP contribution in [0.1, 0.15) is 17.4 Å². The van der Waals surface area contributed by atoms with Gasteiger partial charge in [0.1, 0.15) is 6.04 Å². The molecule has 0 N–H and O–H groups in total. The Balaban J connectivity index is 2.03. The van der Waals surface area contributed by atoms with Gasteiger partial charge in [-0.25, -0.2) is 17.2 Å². The highest BCUT2D eigenvalue weighted by Crippen LogP contribution is 2.38. The molecule has 2 aromatic carbocycles. The fraction of sp³-hybridized carbons (Fsp3) is 0.294. The standard InChI is InChI=1S/C17H16F2N2O5S/c1-11-2-8-14(9-3-11)27(24,25)20-15(16(18)19)10-26-17(20)12-4-6-13(7-5-12)21(22)23/h2-9,15-17H,10H2,1H3. The quantitative estimate of drug-likeness (QED) is 0.570. The number of nitro benzene ring substituents is 1. The van der Waals surface area contributed by atoms with E-state index in [1.165, 1.54) is 36.4 Å². The summed E-state index contributed by atoms with van der Waals surface area (Å²) in [5.41, 5.74) is 0.860. The molecule has 0 bridgehead atoms. The maximum Gasteiger partial charge on any atom is 0.269 e. The molecule has 1 heterocycles. The monoisotopic (exact) mass is 398 g/mol. The first kappa shape index (κ1) is 19.3. The van der Waals surface area contributed by atoms with E-state index in [1.54, 1.807) is 19.1 Å². The molecule has 0 saturated carbocycles. The Hall–Kier alpha value is -2.43. The van der Waals surface area contributed by atoms with Crippen LogP contribution in [0, 0.1) is 17.0 Å². The largest absolute Gasteiger partial charge is 0.356 e. The van der Waals surface area contributed by atoms with Crippen LogP contribution in [0.15, 0.2) is 53.4 Å². The minimum Gasteiger partial charge on any atom is -0.356 e. The van der Waals surface area contributed by atoms with Crippen molar-refractivity contribution in [3.63, 3.8) is 0 Å². The average molecular weight is 398 g/mol. The van der Waals surface area contributed by atoms with Gasteiger partial charge in [-0.2, -0.15) is 4.31 Å². The molecule has 0 aromatic heterocycles. The van der Waals surface area contributed by atoms with Gasteiger partial charge in [-0.3, -0.25) is 10.1 Å². The van der Waals surface area contributed by atoms with Crippen molar-refractivity contribution < 1.29 is 26.9 Å². The number of rotatable bonds is 5. The van der Waals surface area contributed by atoms with Gasteiger partial charge < -0.3 is 4.74 Å². The number of benzene rings is 2. The number of hydrogen-bond donors (Lipinski definition) is 0. The molecule has 0 amide bonds. The number of sulfonamides is 1. The first-order valence-corrected chi connectivity index (χ1v) is 9.40. The highest BCUT2D eigenvalue weighted by molar-refractivity contribution is 7.89. The zero-order valence-electron chi connectivity index (χ0n) is 14.2. The molecule has 0 aliphatic carbocycles. The average Bonchev–Trinajstić information content (AvgIpc) is 3.08. The Morgan fingerprint density at radius 1 is 1.15 bits per heavy atom. The Kier molecular flexibility index (Phi) is 5.22. The molecule has 1 fully saturated rings. The van der Waals surface area contributed by atoms with Crippen LogP contribution in [-0.2, 0) is 14.8 Å². The molecule has 2 aromatic rings. The van der Waals surface area contributed by atoms with E-state index in [-0.39, 0.29) is 16.1 Å². The lowest BCUT2D eigenvalue weighted by Crippen LogP contribution is -2.42. The second-order valence-corrected chi connectivity index (χ2v) is 7.93. The zero-order chi connectivity index (χ0) is 19.8. The van der Waals surface area contributed by atoms with Crippen LogP contribution < -0.4 is 0 Å². The minimum absolute atomic E-state index is 0.129. The lowest BCUT2D eigenvalue weighted by atomic mass is 10.2. The second-order valence-electron chi connectivity index (χ2n) is 6.08. The summed E-state index contributed by atoms with van der Waals surface area (Å²) in [6, 6.07) is 9.12. The summed E-state index contributed by atoms with van der Waals surface area (Å²) in [4.78, 5) is 10.0. The van der Waals surface area contributed by atoms with E-state index in [4.69, 9.17) is 4.74 Å². The van der Waals surface area contributed by atoms with Gasteiger partial charge in [0.25, 0.3) is 12.1 Å². The van der Waals surface area contributed by atoms with Crippen molar-refractivity contribution in [1.82, 2.24) is 4.31 Å². The number of nitrogens with zero attached hydrogens (tertiary/aromatic N) is 2. The normalized spacial score (nSPS) is 20.9. The summed E-state index contributed by atoms with van der Waals surface area (Å²) in [7, 11) is -4.28. The van der Waals surface area contributed by atoms with Crippen LogP contribution in [0.2, 0.25) is 0 Å². The Morgan fingerprint density at radius 3 is 2.26 bits per heavy atom. The predicted molar refractivity (Wildman–Crippen MR) is 91.8 cm³/mol. The van der Waals surface area contributed by atoms with E-state index in [1.807, 2.05) is 0 Å².